The maximum atomic E-state index is 13.5. The lowest BCUT2D eigenvalue weighted by Gasteiger charge is -2.09. The van der Waals surface area contributed by atoms with Crippen LogP contribution in [0.1, 0.15) is 0 Å². The van der Waals surface area contributed by atoms with E-state index in [-0.39, 0.29) is 5.82 Å². The molecule has 0 aliphatic rings. The van der Waals surface area contributed by atoms with E-state index < -0.39 is 0 Å². The zero-order chi connectivity index (χ0) is 13.0. The number of nitrogens with one attached hydrogen (secondary N) is 2. The van der Waals surface area contributed by atoms with Gasteiger partial charge in [-0.15, -0.1) is 0 Å². The molecule has 4 N–H and O–H groups in total. The Balaban J connectivity index is 2.31. The molecule has 94 valence electrons. The number of benzene rings is 1. The van der Waals surface area contributed by atoms with E-state index in [4.69, 9.17) is 5.84 Å². The quantitative estimate of drug-likeness (QED) is 0.341. The summed E-state index contributed by atoms with van der Waals surface area (Å²) in [6.45, 7) is 0. The summed E-state index contributed by atoms with van der Waals surface area (Å²) in [7, 11) is 0. The van der Waals surface area contributed by atoms with Crippen LogP contribution in [0.3, 0.4) is 0 Å². The molecule has 2 rings (SSSR count). The van der Waals surface area contributed by atoms with Gasteiger partial charge >= 0.3 is 0 Å². The van der Waals surface area contributed by atoms with Crippen LogP contribution < -0.4 is 16.6 Å². The van der Waals surface area contributed by atoms with E-state index in [1.54, 1.807) is 24.3 Å². The Morgan fingerprint density at radius 1 is 1.22 bits per heavy atom. The molecule has 0 aliphatic carbocycles. The summed E-state index contributed by atoms with van der Waals surface area (Å²) < 4.78 is 13.5. The zero-order valence-electron chi connectivity index (χ0n) is 9.64. The van der Waals surface area contributed by atoms with Crippen LogP contribution in [0.15, 0.2) is 35.5 Å². The molecule has 1 heterocycles. The summed E-state index contributed by atoms with van der Waals surface area (Å²) in [5, 5.41) is 3.43. The molecule has 0 bridgehead atoms. The van der Waals surface area contributed by atoms with Crippen LogP contribution in [0.4, 0.5) is 21.7 Å². The van der Waals surface area contributed by atoms with E-state index in [0.29, 0.717) is 22.5 Å². The Kier molecular flexibility index (Phi) is 3.96. The molecular weight excluding hydrogens is 253 g/mol. The minimum atomic E-state index is -0.343. The van der Waals surface area contributed by atoms with E-state index in [9.17, 15) is 4.39 Å². The van der Waals surface area contributed by atoms with E-state index >= 15 is 0 Å². The smallest absolute Gasteiger partial charge is 0.191 e. The first kappa shape index (κ1) is 12.6. The second kappa shape index (κ2) is 5.65. The lowest BCUT2D eigenvalue weighted by Crippen LogP contribution is -2.10. The molecule has 0 saturated heterocycles. The fraction of sp³-hybridized carbons (Fsp3) is 0.0909. The standard InChI is InChI=1S/C11H12FN5S/c1-18-11-15-9(6-10(16-11)17-13)14-8-5-3-2-4-7(8)12/h2-6H,13H2,1H3,(H2,14,15,16,17). The number of anilines is 3. The van der Waals surface area contributed by atoms with Gasteiger partial charge in [0.25, 0.3) is 0 Å². The largest absolute Gasteiger partial charge is 0.338 e. The molecule has 0 radical (unpaired) electrons. The van der Waals surface area contributed by atoms with Crippen molar-refractivity contribution in [3.63, 3.8) is 0 Å². The first-order valence-electron chi connectivity index (χ1n) is 5.14. The van der Waals surface area contributed by atoms with Gasteiger partial charge in [-0.25, -0.2) is 20.2 Å². The van der Waals surface area contributed by atoms with Crippen molar-refractivity contribution < 1.29 is 4.39 Å². The molecule has 0 saturated carbocycles. The summed E-state index contributed by atoms with van der Waals surface area (Å²) in [4.78, 5) is 8.33. The predicted octanol–water partition coefficient (Wildman–Crippen LogP) is 2.37. The molecule has 7 heteroatoms. The van der Waals surface area contributed by atoms with Crippen molar-refractivity contribution in [2.45, 2.75) is 5.16 Å². The topological polar surface area (TPSA) is 75.9 Å². The van der Waals surface area contributed by atoms with E-state index in [1.807, 2.05) is 6.26 Å². The van der Waals surface area contributed by atoms with E-state index in [1.165, 1.54) is 17.8 Å². The minimum Gasteiger partial charge on any atom is -0.338 e. The van der Waals surface area contributed by atoms with E-state index in [0.717, 1.165) is 0 Å². The number of rotatable bonds is 4. The Bertz CT molecular complexity index is 526. The summed E-state index contributed by atoms with van der Waals surface area (Å²) in [6.07, 6.45) is 1.85. The number of hydrazine groups is 1. The average molecular weight is 265 g/mol. The third-order valence-electron chi connectivity index (χ3n) is 2.17. The Labute approximate surface area is 108 Å². The van der Waals surface area contributed by atoms with Gasteiger partial charge < -0.3 is 10.7 Å². The van der Waals surface area contributed by atoms with Gasteiger partial charge in [0.15, 0.2) is 5.16 Å². The highest BCUT2D eigenvalue weighted by molar-refractivity contribution is 7.98. The van der Waals surface area contributed by atoms with Crippen molar-refractivity contribution in [1.29, 1.82) is 0 Å². The van der Waals surface area contributed by atoms with Crippen LogP contribution in [0.25, 0.3) is 0 Å². The molecule has 0 fully saturated rings. The lowest BCUT2D eigenvalue weighted by molar-refractivity contribution is 0.631. The Morgan fingerprint density at radius 3 is 2.61 bits per heavy atom. The SMILES string of the molecule is CSc1nc(NN)cc(Nc2ccccc2F)n1. The van der Waals surface area contributed by atoms with Crippen molar-refractivity contribution in [2.75, 3.05) is 17.0 Å². The number of nitrogens with zero attached hydrogens (tertiary/aromatic N) is 2. The van der Waals surface area contributed by atoms with Crippen LogP contribution in [-0.4, -0.2) is 16.2 Å². The van der Waals surface area contributed by atoms with Crippen LogP contribution in [0.2, 0.25) is 0 Å². The Morgan fingerprint density at radius 2 is 1.94 bits per heavy atom. The zero-order valence-corrected chi connectivity index (χ0v) is 10.5. The monoisotopic (exact) mass is 265 g/mol. The van der Waals surface area contributed by atoms with Gasteiger partial charge in [-0.3, -0.25) is 0 Å². The second-order valence-corrected chi connectivity index (χ2v) is 4.15. The number of nitrogen functional groups attached to an aromatic ring is 1. The lowest BCUT2D eigenvalue weighted by atomic mass is 10.3. The average Bonchev–Trinajstić information content (AvgIpc) is 2.41. The molecular formula is C11H12FN5S. The molecule has 0 unspecified atom stereocenters. The number of halogens is 1. The number of para-hydroxylation sites is 1. The molecule has 2 aromatic rings. The first-order valence-corrected chi connectivity index (χ1v) is 6.36. The second-order valence-electron chi connectivity index (χ2n) is 3.37. The van der Waals surface area contributed by atoms with Crippen molar-refractivity contribution in [1.82, 2.24) is 9.97 Å². The summed E-state index contributed by atoms with van der Waals surface area (Å²) >= 11 is 1.38. The number of hydrogen-bond acceptors (Lipinski definition) is 6. The number of aromatic nitrogens is 2. The molecule has 0 amide bonds. The van der Waals surface area contributed by atoms with Crippen LogP contribution in [0, 0.1) is 5.82 Å². The van der Waals surface area contributed by atoms with Gasteiger partial charge in [-0.2, -0.15) is 0 Å². The third-order valence-corrected chi connectivity index (χ3v) is 2.72. The van der Waals surface area contributed by atoms with Gasteiger partial charge in [0.1, 0.15) is 17.5 Å². The molecule has 18 heavy (non-hydrogen) atoms. The first-order chi connectivity index (χ1) is 8.72. The van der Waals surface area contributed by atoms with Crippen LogP contribution >= 0.6 is 11.8 Å². The maximum Gasteiger partial charge on any atom is 0.191 e. The molecule has 0 atom stereocenters. The predicted molar refractivity (Wildman–Crippen MR) is 71.3 cm³/mol. The van der Waals surface area contributed by atoms with E-state index in [2.05, 4.69) is 20.7 Å². The fourth-order valence-electron chi connectivity index (χ4n) is 1.35. The highest BCUT2D eigenvalue weighted by Crippen LogP contribution is 2.21. The van der Waals surface area contributed by atoms with Gasteiger partial charge in [0.05, 0.1) is 5.69 Å². The highest BCUT2D eigenvalue weighted by Gasteiger charge is 2.06. The van der Waals surface area contributed by atoms with Gasteiger partial charge in [-0.05, 0) is 18.4 Å². The molecule has 1 aromatic heterocycles. The van der Waals surface area contributed by atoms with Gasteiger partial charge in [0.2, 0.25) is 0 Å². The summed E-state index contributed by atoms with van der Waals surface area (Å²) in [5.41, 5.74) is 2.80. The number of nitrogens with two attached hydrogens (primary N) is 1. The fourth-order valence-corrected chi connectivity index (χ4v) is 1.73. The highest BCUT2D eigenvalue weighted by atomic mass is 32.2. The summed E-state index contributed by atoms with van der Waals surface area (Å²) in [6, 6.07) is 7.98. The van der Waals surface area contributed by atoms with Crippen LogP contribution in [-0.2, 0) is 0 Å². The molecule has 5 nitrogen and oxygen atoms in total. The van der Waals surface area contributed by atoms with Gasteiger partial charge in [-0.1, -0.05) is 23.9 Å². The third kappa shape index (κ3) is 2.88. The van der Waals surface area contributed by atoms with Crippen molar-refractivity contribution >= 4 is 29.1 Å². The van der Waals surface area contributed by atoms with Crippen molar-refractivity contribution in [3.05, 3.63) is 36.1 Å². The summed E-state index contributed by atoms with van der Waals surface area (Å²) in [5.74, 6) is 5.92. The molecule has 0 spiro atoms. The number of hydrogen-bond donors (Lipinski definition) is 3. The van der Waals surface area contributed by atoms with Crippen molar-refractivity contribution in [2.24, 2.45) is 5.84 Å². The molecule has 0 aliphatic heterocycles. The van der Waals surface area contributed by atoms with Crippen molar-refractivity contribution in [3.8, 4) is 0 Å². The van der Waals surface area contributed by atoms with Crippen LogP contribution in [0.5, 0.6) is 0 Å². The maximum absolute atomic E-state index is 13.5. The minimum absolute atomic E-state index is 0.343. The van der Waals surface area contributed by atoms with Gasteiger partial charge in [0, 0.05) is 6.07 Å². The Hall–Kier alpha value is -1.86. The number of thioether (sulfide) groups is 1. The molecule has 1 aromatic carbocycles. The normalized spacial score (nSPS) is 10.2.